The van der Waals surface area contributed by atoms with Crippen molar-refractivity contribution in [3.05, 3.63) is 59.8 Å². The number of anilines is 2. The molecule has 2 aromatic carbocycles. The molecule has 0 saturated carbocycles. The van der Waals surface area contributed by atoms with E-state index >= 15 is 0 Å². The normalized spacial score (nSPS) is 16.8. The average Bonchev–Trinajstić information content (AvgIpc) is 3.34. The zero-order valence-corrected chi connectivity index (χ0v) is 16.8. The van der Waals surface area contributed by atoms with Gasteiger partial charge in [-0.25, -0.2) is 0 Å². The van der Waals surface area contributed by atoms with Crippen molar-refractivity contribution < 1.29 is 14.3 Å². The Labute approximate surface area is 170 Å². The lowest BCUT2D eigenvalue weighted by molar-refractivity contribution is -0.135. The molecule has 2 aliphatic heterocycles. The lowest BCUT2D eigenvalue weighted by Gasteiger charge is -2.18. The molecule has 2 aromatic rings. The minimum atomic E-state index is -0.331. The summed E-state index contributed by atoms with van der Waals surface area (Å²) in [5, 5.41) is 3.18. The summed E-state index contributed by atoms with van der Waals surface area (Å²) in [5.74, 6) is 0.0897. The van der Waals surface area contributed by atoms with Crippen molar-refractivity contribution in [1.29, 1.82) is 0 Å². The smallest absolute Gasteiger partial charge is 0.277 e. The molecule has 2 amide bonds. The van der Waals surface area contributed by atoms with Gasteiger partial charge in [-0.2, -0.15) is 0 Å². The first kappa shape index (κ1) is 19.1. The molecular weight excluding hydrogens is 366 g/mol. The van der Waals surface area contributed by atoms with Crippen LogP contribution in [0.4, 0.5) is 11.4 Å². The van der Waals surface area contributed by atoms with Gasteiger partial charge in [0, 0.05) is 31.5 Å². The molecule has 0 spiro atoms. The van der Waals surface area contributed by atoms with E-state index in [2.05, 4.69) is 22.3 Å². The van der Waals surface area contributed by atoms with Crippen LogP contribution in [0, 0.1) is 0 Å². The van der Waals surface area contributed by atoms with Crippen LogP contribution in [0.1, 0.15) is 25.3 Å². The summed E-state index contributed by atoms with van der Waals surface area (Å²) in [6, 6.07) is 15.2. The van der Waals surface area contributed by atoms with Gasteiger partial charge in [0.25, 0.3) is 11.8 Å². The highest BCUT2D eigenvalue weighted by Gasteiger charge is 2.36. The fourth-order valence-electron chi connectivity index (χ4n) is 3.79. The second-order valence-corrected chi connectivity index (χ2v) is 7.24. The maximum Gasteiger partial charge on any atom is 0.277 e. The number of likely N-dealkylation sites (N-methyl/N-ethyl adjacent to an activating group) is 1. The topological polar surface area (TPSA) is 61.9 Å². The number of hydrogen-bond acceptors (Lipinski definition) is 5. The van der Waals surface area contributed by atoms with Crippen LogP contribution in [0.3, 0.4) is 0 Å². The van der Waals surface area contributed by atoms with E-state index in [1.54, 1.807) is 0 Å². The van der Waals surface area contributed by atoms with Gasteiger partial charge in [0.2, 0.25) is 0 Å². The van der Waals surface area contributed by atoms with E-state index in [1.807, 2.05) is 43.3 Å². The number of nitrogens with zero attached hydrogens (tertiary/aromatic N) is 2. The van der Waals surface area contributed by atoms with Gasteiger partial charge in [-0.15, -0.1) is 0 Å². The number of benzene rings is 2. The van der Waals surface area contributed by atoms with Crippen LogP contribution in [0.25, 0.3) is 5.57 Å². The average molecular weight is 391 g/mol. The number of ether oxygens (including phenoxy) is 1. The quantitative estimate of drug-likeness (QED) is 0.764. The first-order chi connectivity index (χ1) is 14.1. The minimum absolute atomic E-state index is 0.301. The Morgan fingerprint density at radius 1 is 0.931 bits per heavy atom. The van der Waals surface area contributed by atoms with Crippen LogP contribution in [0.15, 0.2) is 54.2 Å². The molecule has 4 rings (SSSR count). The molecule has 0 bridgehead atoms. The van der Waals surface area contributed by atoms with Gasteiger partial charge in [0.15, 0.2) is 0 Å². The largest absolute Gasteiger partial charge is 0.494 e. The molecule has 0 aromatic heterocycles. The molecule has 29 heavy (non-hydrogen) atoms. The predicted octanol–water partition coefficient (Wildman–Crippen LogP) is 3.51. The van der Waals surface area contributed by atoms with Gasteiger partial charge in [0.05, 0.1) is 12.2 Å². The molecule has 150 valence electrons. The van der Waals surface area contributed by atoms with Gasteiger partial charge < -0.3 is 15.0 Å². The molecule has 1 fully saturated rings. The fraction of sp³-hybridized carbons (Fsp3) is 0.304. The molecule has 2 aliphatic rings. The first-order valence-corrected chi connectivity index (χ1v) is 10.0. The molecule has 1 N–H and O–H groups in total. The number of imide groups is 1. The van der Waals surface area contributed by atoms with Gasteiger partial charge in [-0.3, -0.25) is 14.5 Å². The SMILES string of the molecule is CCOc1ccc(C2=C(Nc3ccc(N4CCCC4)cc3)C(=O)N(C)C2=O)cc1. The third-order valence-corrected chi connectivity index (χ3v) is 5.35. The summed E-state index contributed by atoms with van der Waals surface area (Å²) in [4.78, 5) is 28.9. The summed E-state index contributed by atoms with van der Waals surface area (Å²) in [6.07, 6.45) is 2.45. The van der Waals surface area contributed by atoms with Crippen LogP contribution >= 0.6 is 0 Å². The summed E-state index contributed by atoms with van der Waals surface area (Å²) < 4.78 is 5.47. The highest BCUT2D eigenvalue weighted by molar-refractivity contribution is 6.36. The minimum Gasteiger partial charge on any atom is -0.494 e. The summed E-state index contributed by atoms with van der Waals surface area (Å²) in [5.41, 5.74) is 3.33. The van der Waals surface area contributed by atoms with Crippen LogP contribution < -0.4 is 15.0 Å². The molecule has 0 unspecified atom stereocenters. The molecule has 0 atom stereocenters. The molecular formula is C23H25N3O3. The van der Waals surface area contributed by atoms with E-state index in [0.717, 1.165) is 29.4 Å². The standard InChI is InChI=1S/C23H25N3O3/c1-3-29-19-12-6-16(7-13-19)20-21(23(28)25(2)22(20)27)24-17-8-10-18(11-9-17)26-14-4-5-15-26/h6-13,24H,3-5,14-15H2,1-2H3. The highest BCUT2D eigenvalue weighted by atomic mass is 16.5. The van der Waals surface area contributed by atoms with E-state index < -0.39 is 0 Å². The maximum absolute atomic E-state index is 12.7. The Morgan fingerprint density at radius 2 is 1.59 bits per heavy atom. The molecule has 6 heteroatoms. The summed E-state index contributed by atoms with van der Waals surface area (Å²) >= 11 is 0. The van der Waals surface area contributed by atoms with Crippen LogP contribution in [-0.2, 0) is 9.59 Å². The van der Waals surface area contributed by atoms with Crippen molar-refractivity contribution in [1.82, 2.24) is 4.90 Å². The lowest BCUT2D eigenvalue weighted by atomic mass is 10.0. The van der Waals surface area contributed by atoms with Crippen molar-refractivity contribution in [3.8, 4) is 5.75 Å². The second-order valence-electron chi connectivity index (χ2n) is 7.24. The van der Waals surface area contributed by atoms with E-state index in [4.69, 9.17) is 4.74 Å². The third-order valence-electron chi connectivity index (χ3n) is 5.35. The van der Waals surface area contributed by atoms with Crippen molar-refractivity contribution >= 4 is 28.8 Å². The molecule has 2 heterocycles. The summed E-state index contributed by atoms with van der Waals surface area (Å²) in [6.45, 7) is 4.65. The van der Waals surface area contributed by atoms with Crippen LogP contribution in [0.2, 0.25) is 0 Å². The predicted molar refractivity (Wildman–Crippen MR) is 114 cm³/mol. The Bertz CT molecular complexity index is 942. The third kappa shape index (κ3) is 3.70. The Morgan fingerprint density at radius 3 is 2.21 bits per heavy atom. The maximum atomic E-state index is 12.7. The fourth-order valence-corrected chi connectivity index (χ4v) is 3.79. The van der Waals surface area contributed by atoms with Crippen molar-refractivity contribution in [2.75, 3.05) is 37.0 Å². The second kappa shape index (κ2) is 7.99. The summed E-state index contributed by atoms with van der Waals surface area (Å²) in [7, 11) is 1.50. The molecule has 6 nitrogen and oxygen atoms in total. The molecule has 0 radical (unpaired) electrons. The number of hydrogen-bond donors (Lipinski definition) is 1. The van der Waals surface area contributed by atoms with Gasteiger partial charge >= 0.3 is 0 Å². The van der Waals surface area contributed by atoms with Crippen molar-refractivity contribution in [3.63, 3.8) is 0 Å². The van der Waals surface area contributed by atoms with Gasteiger partial charge in [0.1, 0.15) is 11.4 Å². The van der Waals surface area contributed by atoms with Crippen LogP contribution in [0.5, 0.6) is 5.75 Å². The Kier molecular flexibility index (Phi) is 5.25. The van der Waals surface area contributed by atoms with E-state index in [1.165, 1.54) is 25.6 Å². The molecule has 0 aliphatic carbocycles. The van der Waals surface area contributed by atoms with E-state index in [9.17, 15) is 9.59 Å². The van der Waals surface area contributed by atoms with Crippen molar-refractivity contribution in [2.24, 2.45) is 0 Å². The highest BCUT2D eigenvalue weighted by Crippen LogP contribution is 2.31. The Hall–Kier alpha value is -3.28. The number of carbonyl (C=O) groups excluding carboxylic acids is 2. The number of amides is 2. The van der Waals surface area contributed by atoms with Crippen LogP contribution in [-0.4, -0.2) is 43.5 Å². The van der Waals surface area contributed by atoms with E-state index in [-0.39, 0.29) is 11.8 Å². The number of carbonyl (C=O) groups is 2. The number of nitrogens with one attached hydrogen (secondary N) is 1. The van der Waals surface area contributed by atoms with E-state index in [0.29, 0.717) is 23.4 Å². The zero-order valence-electron chi connectivity index (χ0n) is 16.8. The first-order valence-electron chi connectivity index (χ1n) is 10.0. The van der Waals surface area contributed by atoms with Gasteiger partial charge in [-0.05, 0) is 61.7 Å². The lowest BCUT2D eigenvalue weighted by Crippen LogP contribution is -2.27. The Balaban J connectivity index is 1.62. The van der Waals surface area contributed by atoms with Crippen molar-refractivity contribution in [2.45, 2.75) is 19.8 Å². The zero-order chi connectivity index (χ0) is 20.4. The monoisotopic (exact) mass is 391 g/mol. The molecule has 1 saturated heterocycles. The van der Waals surface area contributed by atoms with Gasteiger partial charge in [-0.1, -0.05) is 12.1 Å². The number of rotatable bonds is 6.